The first-order valence-electron chi connectivity index (χ1n) is 9.55. The zero-order chi connectivity index (χ0) is 22.5. The molecule has 2 N–H and O–H groups in total. The van der Waals surface area contributed by atoms with Gasteiger partial charge in [0.1, 0.15) is 17.7 Å². The minimum Gasteiger partial charge on any atom is -0.461 e. The van der Waals surface area contributed by atoms with Crippen molar-refractivity contribution < 1.29 is 14.0 Å². The molecule has 0 radical (unpaired) electrons. The number of anilines is 1. The molecule has 0 unspecified atom stereocenters. The number of nitrogens with zero attached hydrogens (tertiary/aromatic N) is 5. The Balaban J connectivity index is 1.39. The molecule has 4 rings (SSSR count). The Morgan fingerprint density at radius 2 is 1.97 bits per heavy atom. The highest BCUT2D eigenvalue weighted by molar-refractivity contribution is 7.98. The van der Waals surface area contributed by atoms with Crippen molar-refractivity contribution in [3.05, 3.63) is 66.6 Å². The third kappa shape index (κ3) is 4.67. The summed E-state index contributed by atoms with van der Waals surface area (Å²) in [6, 6.07) is 10.6. The van der Waals surface area contributed by atoms with Crippen molar-refractivity contribution in [3.63, 3.8) is 0 Å². The molecule has 0 aliphatic carbocycles. The van der Waals surface area contributed by atoms with Crippen LogP contribution in [0.15, 0.2) is 64.8 Å². The summed E-state index contributed by atoms with van der Waals surface area (Å²) in [5.74, 6) is 0.142. The van der Waals surface area contributed by atoms with E-state index in [0.717, 1.165) is 5.69 Å². The van der Waals surface area contributed by atoms with Crippen molar-refractivity contribution in [1.29, 1.82) is 0 Å². The number of nitrogens with one attached hydrogen (secondary N) is 2. The molecule has 1 aromatic carbocycles. The number of furan rings is 1. The van der Waals surface area contributed by atoms with E-state index in [0.29, 0.717) is 33.6 Å². The standard InChI is InChI=1S/C21H19N7O3S/c1-13-18(21(32-2)27-19(25-13)16-4-3-9-31-16)20(30)23-10-17(29)26-14-5-7-15(8-6-14)28-12-22-11-24-28/h3-9,11-12H,10H2,1-2H3,(H,23,30)(H,26,29). The largest absolute Gasteiger partial charge is 0.461 e. The van der Waals surface area contributed by atoms with Crippen LogP contribution >= 0.6 is 11.8 Å². The van der Waals surface area contributed by atoms with Crippen LogP contribution in [-0.2, 0) is 4.79 Å². The maximum Gasteiger partial charge on any atom is 0.256 e. The number of aromatic nitrogens is 5. The Kier molecular flexibility index (Phi) is 6.26. The third-order valence-electron chi connectivity index (χ3n) is 4.46. The topological polar surface area (TPSA) is 128 Å². The number of carbonyl (C=O) groups excluding carboxylic acids is 2. The number of carbonyl (C=O) groups is 2. The van der Waals surface area contributed by atoms with Gasteiger partial charge in [-0.2, -0.15) is 5.10 Å². The van der Waals surface area contributed by atoms with Gasteiger partial charge in [0.15, 0.2) is 11.6 Å². The lowest BCUT2D eigenvalue weighted by atomic mass is 10.2. The predicted molar refractivity (Wildman–Crippen MR) is 119 cm³/mol. The van der Waals surface area contributed by atoms with Crippen LogP contribution in [0.2, 0.25) is 0 Å². The molecule has 0 fully saturated rings. The Bertz CT molecular complexity index is 1220. The van der Waals surface area contributed by atoms with E-state index in [2.05, 4.69) is 30.7 Å². The van der Waals surface area contributed by atoms with Gasteiger partial charge in [0, 0.05) is 5.69 Å². The molecule has 2 amide bonds. The molecule has 3 aromatic heterocycles. The zero-order valence-electron chi connectivity index (χ0n) is 17.3. The number of thioether (sulfide) groups is 1. The van der Waals surface area contributed by atoms with Gasteiger partial charge in [-0.25, -0.2) is 19.6 Å². The quantitative estimate of drug-likeness (QED) is 0.326. The van der Waals surface area contributed by atoms with E-state index in [1.54, 1.807) is 54.3 Å². The van der Waals surface area contributed by atoms with Gasteiger partial charge < -0.3 is 15.1 Å². The number of hydrogen-bond acceptors (Lipinski definition) is 8. The molecule has 10 nitrogen and oxygen atoms in total. The van der Waals surface area contributed by atoms with E-state index in [1.807, 2.05) is 6.26 Å². The van der Waals surface area contributed by atoms with Crippen molar-refractivity contribution in [2.24, 2.45) is 0 Å². The van der Waals surface area contributed by atoms with Crippen LogP contribution in [0.4, 0.5) is 5.69 Å². The van der Waals surface area contributed by atoms with E-state index < -0.39 is 5.91 Å². The second-order valence-electron chi connectivity index (χ2n) is 6.61. The van der Waals surface area contributed by atoms with Gasteiger partial charge in [0.05, 0.1) is 29.8 Å². The first kappa shape index (κ1) is 21.2. The molecule has 0 saturated carbocycles. The van der Waals surface area contributed by atoms with Crippen LogP contribution in [0.1, 0.15) is 16.1 Å². The molecule has 32 heavy (non-hydrogen) atoms. The first-order chi connectivity index (χ1) is 15.5. The second kappa shape index (κ2) is 9.43. The maximum absolute atomic E-state index is 12.8. The molecule has 162 valence electrons. The summed E-state index contributed by atoms with van der Waals surface area (Å²) in [5.41, 5.74) is 2.24. The van der Waals surface area contributed by atoms with Crippen LogP contribution in [-0.4, -0.2) is 49.3 Å². The summed E-state index contributed by atoms with van der Waals surface area (Å²) in [6.07, 6.45) is 6.38. The van der Waals surface area contributed by atoms with Gasteiger partial charge in [-0.1, -0.05) is 0 Å². The average molecular weight is 449 g/mol. The lowest BCUT2D eigenvalue weighted by molar-refractivity contribution is -0.115. The molecule has 0 spiro atoms. The highest BCUT2D eigenvalue weighted by Crippen LogP contribution is 2.25. The fourth-order valence-corrected chi connectivity index (χ4v) is 3.59. The summed E-state index contributed by atoms with van der Waals surface area (Å²) in [5, 5.41) is 9.93. The van der Waals surface area contributed by atoms with Gasteiger partial charge in [-0.3, -0.25) is 9.59 Å². The van der Waals surface area contributed by atoms with Crippen LogP contribution < -0.4 is 10.6 Å². The fourth-order valence-electron chi connectivity index (χ4n) is 2.96. The summed E-state index contributed by atoms with van der Waals surface area (Å²) < 4.78 is 6.95. The van der Waals surface area contributed by atoms with Gasteiger partial charge in [0.2, 0.25) is 5.91 Å². The highest BCUT2D eigenvalue weighted by atomic mass is 32.2. The molecule has 0 bridgehead atoms. The number of rotatable bonds is 7. The SMILES string of the molecule is CSc1nc(-c2ccco2)nc(C)c1C(=O)NCC(=O)Nc1ccc(-n2cncn2)cc1. The van der Waals surface area contributed by atoms with Crippen LogP contribution in [0.5, 0.6) is 0 Å². The minimum absolute atomic E-state index is 0.198. The zero-order valence-corrected chi connectivity index (χ0v) is 18.1. The average Bonchev–Trinajstić information content (AvgIpc) is 3.52. The highest BCUT2D eigenvalue weighted by Gasteiger charge is 2.20. The van der Waals surface area contributed by atoms with Crippen molar-refractivity contribution in [3.8, 4) is 17.3 Å². The number of amides is 2. The Labute approximate surface area is 187 Å². The smallest absolute Gasteiger partial charge is 0.256 e. The molecule has 3 heterocycles. The number of aryl methyl sites for hydroxylation is 1. The molecule has 0 aliphatic heterocycles. The molecular weight excluding hydrogens is 430 g/mol. The van der Waals surface area contributed by atoms with E-state index in [9.17, 15) is 9.59 Å². The van der Waals surface area contributed by atoms with Gasteiger partial charge >= 0.3 is 0 Å². The number of benzene rings is 1. The van der Waals surface area contributed by atoms with E-state index in [1.165, 1.54) is 24.4 Å². The second-order valence-corrected chi connectivity index (χ2v) is 7.41. The van der Waals surface area contributed by atoms with Crippen molar-refractivity contribution in [2.75, 3.05) is 18.1 Å². The fraction of sp³-hybridized carbons (Fsp3) is 0.143. The molecule has 4 aromatic rings. The lowest BCUT2D eigenvalue weighted by Crippen LogP contribution is -2.33. The Morgan fingerprint density at radius 3 is 2.62 bits per heavy atom. The summed E-state index contributed by atoms with van der Waals surface area (Å²) in [4.78, 5) is 37.8. The minimum atomic E-state index is -0.422. The predicted octanol–water partition coefficient (Wildman–Crippen LogP) is 2.72. The Morgan fingerprint density at radius 1 is 1.16 bits per heavy atom. The van der Waals surface area contributed by atoms with Gasteiger partial charge in [-0.05, 0) is 49.6 Å². The van der Waals surface area contributed by atoms with Crippen molar-refractivity contribution in [2.45, 2.75) is 11.9 Å². The van der Waals surface area contributed by atoms with Crippen LogP contribution in [0.3, 0.4) is 0 Å². The first-order valence-corrected chi connectivity index (χ1v) is 10.8. The normalized spacial score (nSPS) is 10.7. The molecule has 0 atom stereocenters. The third-order valence-corrected chi connectivity index (χ3v) is 5.14. The molecular formula is C21H19N7O3S. The molecule has 0 saturated heterocycles. The summed E-state index contributed by atoms with van der Waals surface area (Å²) in [7, 11) is 0. The summed E-state index contributed by atoms with van der Waals surface area (Å²) >= 11 is 1.32. The van der Waals surface area contributed by atoms with Crippen LogP contribution in [0.25, 0.3) is 17.3 Å². The van der Waals surface area contributed by atoms with Crippen molar-refractivity contribution >= 4 is 29.3 Å². The lowest BCUT2D eigenvalue weighted by Gasteiger charge is -2.12. The van der Waals surface area contributed by atoms with Crippen molar-refractivity contribution in [1.82, 2.24) is 30.0 Å². The monoisotopic (exact) mass is 449 g/mol. The Hall–Kier alpha value is -3.99. The van der Waals surface area contributed by atoms with E-state index in [-0.39, 0.29) is 12.5 Å². The van der Waals surface area contributed by atoms with Gasteiger partial charge in [0.25, 0.3) is 5.91 Å². The van der Waals surface area contributed by atoms with Gasteiger partial charge in [-0.15, -0.1) is 11.8 Å². The summed E-state index contributed by atoms with van der Waals surface area (Å²) in [6.45, 7) is 1.52. The molecule has 0 aliphatic rings. The number of hydrogen-bond donors (Lipinski definition) is 2. The molecule has 11 heteroatoms. The maximum atomic E-state index is 12.8. The van der Waals surface area contributed by atoms with E-state index >= 15 is 0 Å². The van der Waals surface area contributed by atoms with Crippen LogP contribution in [0, 0.1) is 6.92 Å². The van der Waals surface area contributed by atoms with E-state index in [4.69, 9.17) is 4.42 Å².